The van der Waals surface area contributed by atoms with Crippen LogP contribution in [-0.2, 0) is 10.7 Å². The first kappa shape index (κ1) is 10.3. The van der Waals surface area contributed by atoms with Crippen molar-refractivity contribution in [2.45, 2.75) is 4.90 Å². The van der Waals surface area contributed by atoms with Crippen molar-refractivity contribution in [3.05, 3.63) is 34.4 Å². The maximum Gasteiger partial charge on any atom is 0.269 e. The molecule has 0 fully saturated rings. The fraction of sp³-hybridized carbons (Fsp3) is 0.125. The predicted molar refractivity (Wildman–Crippen MR) is 52.7 cm³/mol. The Hall–Kier alpha value is -1.74. The molecule has 1 unspecified atom stereocenters. The molecule has 14 heavy (non-hydrogen) atoms. The molecule has 0 radical (unpaired) electrons. The SMILES string of the molecule is CS(=NC#N)c1ccc([N+](=O)[O-])cc1. The highest BCUT2D eigenvalue weighted by Gasteiger charge is 2.04. The summed E-state index contributed by atoms with van der Waals surface area (Å²) < 4.78 is 3.63. The summed E-state index contributed by atoms with van der Waals surface area (Å²) in [6.45, 7) is 0. The predicted octanol–water partition coefficient (Wildman–Crippen LogP) is 1.87. The van der Waals surface area contributed by atoms with Crippen LogP contribution in [0.3, 0.4) is 0 Å². The number of nitriles is 1. The first-order valence-corrected chi connectivity index (χ1v) is 5.24. The quantitative estimate of drug-likeness (QED) is 0.423. The number of rotatable bonds is 2. The van der Waals surface area contributed by atoms with Gasteiger partial charge in [0.25, 0.3) is 5.69 Å². The lowest BCUT2D eigenvalue weighted by molar-refractivity contribution is -0.384. The number of nitrogens with zero attached hydrogens (tertiary/aromatic N) is 3. The topological polar surface area (TPSA) is 79.3 Å². The van der Waals surface area contributed by atoms with Crippen LogP contribution >= 0.6 is 0 Å². The van der Waals surface area contributed by atoms with E-state index >= 15 is 0 Å². The van der Waals surface area contributed by atoms with Crippen molar-refractivity contribution in [2.75, 3.05) is 6.26 Å². The van der Waals surface area contributed by atoms with Gasteiger partial charge in [-0.3, -0.25) is 10.1 Å². The summed E-state index contributed by atoms with van der Waals surface area (Å²) in [7, 11) is -0.514. The standard InChI is InChI=1S/C8H7N3O2S/c1-14(10-6-9)8-4-2-7(3-5-8)11(12)13/h2-5H,1H3. The molecule has 0 saturated carbocycles. The number of nitro groups is 1. The molecule has 0 aliphatic rings. The van der Waals surface area contributed by atoms with Crippen LogP contribution in [0.4, 0.5) is 5.69 Å². The Bertz CT molecular complexity index is 419. The van der Waals surface area contributed by atoms with Crippen LogP contribution in [0.15, 0.2) is 33.5 Å². The van der Waals surface area contributed by atoms with E-state index in [0.29, 0.717) is 0 Å². The minimum atomic E-state index is -0.514. The summed E-state index contributed by atoms with van der Waals surface area (Å²) in [5.41, 5.74) is 0.0442. The molecule has 0 saturated heterocycles. The van der Waals surface area contributed by atoms with Crippen LogP contribution in [0.2, 0.25) is 0 Å². The largest absolute Gasteiger partial charge is 0.269 e. The van der Waals surface area contributed by atoms with E-state index < -0.39 is 15.6 Å². The van der Waals surface area contributed by atoms with Crippen molar-refractivity contribution in [3.8, 4) is 6.19 Å². The van der Waals surface area contributed by atoms with Gasteiger partial charge in [0.15, 0.2) is 0 Å². The molecule has 5 nitrogen and oxygen atoms in total. The summed E-state index contributed by atoms with van der Waals surface area (Å²) in [6.07, 6.45) is 3.49. The molecule has 72 valence electrons. The zero-order valence-electron chi connectivity index (χ0n) is 7.38. The lowest BCUT2D eigenvalue weighted by atomic mass is 10.3. The van der Waals surface area contributed by atoms with Crippen LogP contribution in [0.1, 0.15) is 0 Å². The second-order valence-corrected chi connectivity index (χ2v) is 4.03. The van der Waals surface area contributed by atoms with Gasteiger partial charge in [-0.05, 0) is 18.4 Å². The Kier molecular flexibility index (Phi) is 3.31. The molecule has 1 aromatic carbocycles. The van der Waals surface area contributed by atoms with Gasteiger partial charge in [-0.15, -0.1) is 4.36 Å². The number of hydrogen-bond donors (Lipinski definition) is 0. The number of nitro benzene ring substituents is 1. The van der Waals surface area contributed by atoms with Crippen LogP contribution in [0.25, 0.3) is 0 Å². The van der Waals surface area contributed by atoms with Gasteiger partial charge in [0.2, 0.25) is 6.19 Å². The highest BCUT2D eigenvalue weighted by molar-refractivity contribution is 7.86. The monoisotopic (exact) mass is 209 g/mol. The van der Waals surface area contributed by atoms with Crippen molar-refractivity contribution in [3.63, 3.8) is 0 Å². The van der Waals surface area contributed by atoms with Crippen molar-refractivity contribution < 1.29 is 4.92 Å². The molecule has 6 heteroatoms. The molecule has 0 N–H and O–H groups in total. The molecule has 0 aromatic heterocycles. The number of hydrogen-bond acceptors (Lipinski definition) is 4. The average molecular weight is 209 g/mol. The minimum absolute atomic E-state index is 0.0442. The summed E-state index contributed by atoms with van der Waals surface area (Å²) in [4.78, 5) is 10.7. The first-order chi connectivity index (χ1) is 6.65. The van der Waals surface area contributed by atoms with E-state index in [1.165, 1.54) is 12.1 Å². The smallest absolute Gasteiger partial charge is 0.258 e. The molecule has 1 atom stereocenters. The molecule has 0 aliphatic heterocycles. The van der Waals surface area contributed by atoms with Crippen molar-refractivity contribution in [2.24, 2.45) is 4.36 Å². The van der Waals surface area contributed by atoms with E-state index in [2.05, 4.69) is 4.36 Å². The van der Waals surface area contributed by atoms with Gasteiger partial charge >= 0.3 is 0 Å². The summed E-state index contributed by atoms with van der Waals surface area (Å²) in [6, 6.07) is 6.04. The lowest BCUT2D eigenvalue weighted by Gasteiger charge is -1.98. The fourth-order valence-electron chi connectivity index (χ4n) is 0.879. The van der Waals surface area contributed by atoms with Crippen LogP contribution in [0.5, 0.6) is 0 Å². The molecular weight excluding hydrogens is 202 g/mol. The number of benzene rings is 1. The molecule has 1 rings (SSSR count). The van der Waals surface area contributed by atoms with Gasteiger partial charge in [-0.1, -0.05) is 10.7 Å². The van der Waals surface area contributed by atoms with Gasteiger partial charge in [-0.25, -0.2) is 0 Å². The number of non-ortho nitro benzene ring substituents is 1. The third-order valence-corrected chi connectivity index (χ3v) is 2.88. The van der Waals surface area contributed by atoms with E-state index in [0.717, 1.165) is 4.90 Å². The van der Waals surface area contributed by atoms with Gasteiger partial charge in [-0.2, -0.15) is 5.26 Å². The Balaban J connectivity index is 3.01. The second-order valence-electron chi connectivity index (χ2n) is 2.42. The van der Waals surface area contributed by atoms with Crippen molar-refractivity contribution in [1.82, 2.24) is 0 Å². The zero-order valence-corrected chi connectivity index (χ0v) is 8.19. The molecule has 0 heterocycles. The van der Waals surface area contributed by atoms with Crippen molar-refractivity contribution in [1.29, 1.82) is 5.26 Å². The van der Waals surface area contributed by atoms with Crippen LogP contribution < -0.4 is 0 Å². The maximum atomic E-state index is 10.3. The van der Waals surface area contributed by atoms with E-state index in [9.17, 15) is 10.1 Å². The summed E-state index contributed by atoms with van der Waals surface area (Å²) >= 11 is 0. The summed E-state index contributed by atoms with van der Waals surface area (Å²) in [5.74, 6) is 0. The molecular formula is C8H7N3O2S. The highest BCUT2D eigenvalue weighted by atomic mass is 32.2. The molecule has 1 aromatic rings. The van der Waals surface area contributed by atoms with E-state index in [4.69, 9.17) is 5.26 Å². The van der Waals surface area contributed by atoms with Crippen LogP contribution in [-0.4, -0.2) is 11.2 Å². The summed E-state index contributed by atoms with van der Waals surface area (Å²) in [5, 5.41) is 18.7. The second kappa shape index (κ2) is 4.48. The normalized spacial score (nSPS) is 12.0. The third-order valence-electron chi connectivity index (χ3n) is 1.57. The molecule has 0 bridgehead atoms. The highest BCUT2D eigenvalue weighted by Crippen LogP contribution is 2.14. The maximum absolute atomic E-state index is 10.3. The van der Waals surface area contributed by atoms with Crippen molar-refractivity contribution >= 4 is 16.4 Å². The first-order valence-electron chi connectivity index (χ1n) is 3.65. The van der Waals surface area contributed by atoms with E-state index in [1.54, 1.807) is 24.6 Å². The minimum Gasteiger partial charge on any atom is -0.258 e. The Morgan fingerprint density at radius 3 is 2.50 bits per heavy atom. The lowest BCUT2D eigenvalue weighted by Crippen LogP contribution is -1.90. The van der Waals surface area contributed by atoms with Gasteiger partial charge in [0, 0.05) is 17.0 Å². The molecule has 0 amide bonds. The van der Waals surface area contributed by atoms with Gasteiger partial charge < -0.3 is 0 Å². The molecule has 0 aliphatic carbocycles. The Morgan fingerprint density at radius 2 is 2.07 bits per heavy atom. The third kappa shape index (κ3) is 2.37. The van der Waals surface area contributed by atoms with Gasteiger partial charge in [0.1, 0.15) is 0 Å². The Labute approximate surface area is 83.2 Å². The Morgan fingerprint density at radius 1 is 1.50 bits per heavy atom. The van der Waals surface area contributed by atoms with E-state index in [-0.39, 0.29) is 5.69 Å². The van der Waals surface area contributed by atoms with Crippen LogP contribution in [0, 0.1) is 21.6 Å². The van der Waals surface area contributed by atoms with Gasteiger partial charge in [0.05, 0.1) is 4.92 Å². The average Bonchev–Trinajstić information content (AvgIpc) is 2.18. The fourth-order valence-corrected chi connectivity index (χ4v) is 1.64. The molecule has 0 spiro atoms. The zero-order chi connectivity index (χ0) is 10.6. The van der Waals surface area contributed by atoms with E-state index in [1.807, 2.05) is 0 Å².